The van der Waals surface area contributed by atoms with Crippen molar-refractivity contribution in [2.45, 2.75) is 37.6 Å². The van der Waals surface area contributed by atoms with Crippen LogP contribution in [0.5, 0.6) is 5.75 Å². The first kappa shape index (κ1) is 27.8. The predicted molar refractivity (Wildman–Crippen MR) is 147 cm³/mol. The number of aromatic nitrogens is 2. The Morgan fingerprint density at radius 3 is 2.42 bits per heavy atom. The summed E-state index contributed by atoms with van der Waals surface area (Å²) in [5, 5.41) is 3.17. The van der Waals surface area contributed by atoms with Gasteiger partial charge in [0.25, 0.3) is 5.91 Å². The Morgan fingerprint density at radius 2 is 1.77 bits per heavy atom. The van der Waals surface area contributed by atoms with E-state index in [1.54, 1.807) is 17.0 Å². The molecule has 40 heavy (non-hydrogen) atoms. The summed E-state index contributed by atoms with van der Waals surface area (Å²) in [4.78, 5) is 41.1. The van der Waals surface area contributed by atoms with Crippen LogP contribution in [0, 0.1) is 0 Å². The van der Waals surface area contributed by atoms with Crippen LogP contribution in [0.2, 0.25) is 0 Å². The van der Waals surface area contributed by atoms with Crippen molar-refractivity contribution in [3.8, 4) is 5.75 Å². The lowest BCUT2D eigenvalue weighted by Gasteiger charge is -2.35. The number of hydrogen-bond donors (Lipinski definition) is 1. The highest BCUT2D eigenvalue weighted by Crippen LogP contribution is 2.41. The Kier molecular flexibility index (Phi) is 7.67. The van der Waals surface area contributed by atoms with Gasteiger partial charge >= 0.3 is 11.9 Å². The predicted octanol–water partition coefficient (Wildman–Crippen LogP) is 3.13. The second-order valence-electron chi connectivity index (χ2n) is 10.5. The molecule has 216 valence electrons. The zero-order chi connectivity index (χ0) is 28.6. The Bertz CT molecular complexity index is 1280. The van der Waals surface area contributed by atoms with E-state index in [4.69, 9.17) is 9.47 Å². The smallest absolute Gasteiger partial charge is 0.342 e. The Balaban J connectivity index is 1.55. The Labute approximate surface area is 232 Å². The number of nitrogens with one attached hydrogen (secondary N) is 1. The summed E-state index contributed by atoms with van der Waals surface area (Å²) < 4.78 is 40.5. The average Bonchev–Trinajstić information content (AvgIpc) is 3.48. The van der Waals surface area contributed by atoms with E-state index in [0.29, 0.717) is 35.8 Å². The number of alkyl halides is 2. The molecule has 0 atom stereocenters. The van der Waals surface area contributed by atoms with E-state index in [1.165, 1.54) is 27.5 Å². The number of ether oxygens (including phenoxy) is 2. The number of esters is 1. The number of methoxy groups -OCH3 is 2. The molecule has 0 spiro atoms. The molecule has 1 saturated carbocycles. The molecule has 11 nitrogen and oxygen atoms in total. The van der Waals surface area contributed by atoms with Crippen LogP contribution in [-0.2, 0) is 9.53 Å². The van der Waals surface area contributed by atoms with Gasteiger partial charge in [-0.15, -0.1) is 0 Å². The first-order valence-corrected chi connectivity index (χ1v) is 13.4. The molecule has 2 fully saturated rings. The molecule has 1 aromatic carbocycles. The summed E-state index contributed by atoms with van der Waals surface area (Å²) in [6.45, 7) is 2.35. The number of amides is 1. The number of piperazine rings is 1. The molecule has 1 N–H and O–H groups in total. The van der Waals surface area contributed by atoms with Gasteiger partial charge in [-0.25, -0.2) is 9.78 Å². The van der Waals surface area contributed by atoms with Crippen LogP contribution < -0.4 is 24.8 Å². The van der Waals surface area contributed by atoms with Gasteiger partial charge in [-0.2, -0.15) is 13.8 Å². The second-order valence-corrected chi connectivity index (χ2v) is 10.5. The van der Waals surface area contributed by atoms with E-state index in [9.17, 15) is 18.4 Å². The lowest BCUT2D eigenvalue weighted by molar-refractivity contribution is -0.140. The first-order chi connectivity index (χ1) is 19.1. The standard InChI is InChI=1S/C27H35F2N7O4/c1-33-9-11-35(12-10-33)20-14-19(22(39-3)13-18(20)24(37)40-4)31-26-30-15-21-23(32-26)36(17-7-5-6-8-17)16-27(28,29)25(38)34(21)2/h13-15,17H,5-12,16H2,1-4H3,(H,30,31,32). The van der Waals surface area contributed by atoms with Gasteiger partial charge in [0.1, 0.15) is 11.4 Å². The highest BCUT2D eigenvalue weighted by atomic mass is 19.3. The maximum Gasteiger partial charge on any atom is 0.342 e. The van der Waals surface area contributed by atoms with Crippen LogP contribution in [0.25, 0.3) is 0 Å². The summed E-state index contributed by atoms with van der Waals surface area (Å²) >= 11 is 0. The molecule has 2 aliphatic heterocycles. The van der Waals surface area contributed by atoms with E-state index in [1.807, 2.05) is 7.05 Å². The molecule has 0 radical (unpaired) electrons. The number of carbonyl (C=O) groups is 2. The summed E-state index contributed by atoms with van der Waals surface area (Å²) in [5.41, 5.74) is 1.77. The van der Waals surface area contributed by atoms with Gasteiger partial charge in [0.2, 0.25) is 5.95 Å². The third-order valence-electron chi connectivity index (χ3n) is 7.95. The van der Waals surface area contributed by atoms with Crippen molar-refractivity contribution in [3.63, 3.8) is 0 Å². The van der Waals surface area contributed by atoms with Crippen molar-refractivity contribution in [2.75, 3.05) is 81.1 Å². The van der Waals surface area contributed by atoms with E-state index in [0.717, 1.165) is 43.7 Å². The molecule has 0 unspecified atom stereocenters. The van der Waals surface area contributed by atoms with Crippen LogP contribution in [-0.4, -0.2) is 99.7 Å². The van der Waals surface area contributed by atoms with Crippen LogP contribution >= 0.6 is 0 Å². The quantitative estimate of drug-likeness (QED) is 0.531. The Hall–Kier alpha value is -3.74. The summed E-state index contributed by atoms with van der Waals surface area (Å²) in [6.07, 6.45) is 4.75. The minimum absolute atomic E-state index is 0.149. The summed E-state index contributed by atoms with van der Waals surface area (Å²) in [5.74, 6) is -4.53. The molecule has 13 heteroatoms. The fourth-order valence-electron chi connectivity index (χ4n) is 5.64. The molecule has 3 aliphatic rings. The van der Waals surface area contributed by atoms with Crippen LogP contribution in [0.4, 0.5) is 37.6 Å². The normalized spacial score (nSPS) is 19.9. The van der Waals surface area contributed by atoms with Gasteiger partial charge in [0, 0.05) is 39.3 Å². The number of carbonyl (C=O) groups excluding carboxylic acids is 2. The molecular weight excluding hydrogens is 524 g/mol. The van der Waals surface area contributed by atoms with Gasteiger partial charge in [-0.1, -0.05) is 12.8 Å². The number of halogens is 2. The first-order valence-electron chi connectivity index (χ1n) is 13.4. The van der Waals surface area contributed by atoms with Gasteiger partial charge in [-0.05, 0) is 32.0 Å². The summed E-state index contributed by atoms with van der Waals surface area (Å²) in [7, 11) is 6.19. The largest absolute Gasteiger partial charge is 0.495 e. The molecule has 1 aliphatic carbocycles. The minimum atomic E-state index is -3.56. The third kappa shape index (κ3) is 5.21. The minimum Gasteiger partial charge on any atom is -0.495 e. The number of nitrogens with zero attached hydrogens (tertiary/aromatic N) is 6. The van der Waals surface area contributed by atoms with E-state index in [-0.39, 0.29) is 23.5 Å². The maximum atomic E-state index is 14.9. The molecular formula is C27H35F2N7O4. The molecule has 5 rings (SSSR count). The number of likely N-dealkylation sites (N-methyl/N-ethyl adjacent to an activating group) is 1. The monoisotopic (exact) mass is 559 g/mol. The van der Waals surface area contributed by atoms with Gasteiger partial charge < -0.3 is 34.4 Å². The van der Waals surface area contributed by atoms with Crippen molar-refractivity contribution >= 4 is 40.7 Å². The van der Waals surface area contributed by atoms with E-state index < -0.39 is 24.3 Å². The number of rotatable bonds is 6. The van der Waals surface area contributed by atoms with Crippen molar-refractivity contribution in [1.29, 1.82) is 0 Å². The number of fused-ring (bicyclic) bond motifs is 1. The lowest BCUT2D eigenvalue weighted by Crippen LogP contribution is -2.48. The zero-order valence-corrected chi connectivity index (χ0v) is 23.2. The fourth-order valence-corrected chi connectivity index (χ4v) is 5.64. The SMILES string of the molecule is COC(=O)c1cc(OC)c(Nc2ncc3c(n2)N(C2CCCC2)CC(F)(F)C(=O)N3C)cc1N1CCN(C)CC1. The Morgan fingerprint density at radius 1 is 1.07 bits per heavy atom. The summed E-state index contributed by atoms with van der Waals surface area (Å²) in [6, 6.07) is 3.26. The molecule has 1 amide bonds. The van der Waals surface area contributed by atoms with Gasteiger partial charge in [0.15, 0.2) is 5.82 Å². The molecule has 1 saturated heterocycles. The fraction of sp³-hybridized carbons (Fsp3) is 0.556. The molecule has 1 aromatic heterocycles. The second kappa shape index (κ2) is 11.0. The molecule has 2 aromatic rings. The van der Waals surface area contributed by atoms with Crippen LogP contribution in [0.1, 0.15) is 36.0 Å². The van der Waals surface area contributed by atoms with Gasteiger partial charge in [-0.3, -0.25) is 4.79 Å². The van der Waals surface area contributed by atoms with E-state index >= 15 is 0 Å². The number of benzene rings is 1. The topological polar surface area (TPSA) is 103 Å². The van der Waals surface area contributed by atoms with Crippen LogP contribution in [0.15, 0.2) is 18.3 Å². The van der Waals surface area contributed by atoms with Gasteiger partial charge in [0.05, 0.1) is 43.9 Å². The van der Waals surface area contributed by atoms with Crippen molar-refractivity contribution in [2.24, 2.45) is 0 Å². The maximum absolute atomic E-state index is 14.9. The van der Waals surface area contributed by atoms with Crippen molar-refractivity contribution in [3.05, 3.63) is 23.9 Å². The molecule has 3 heterocycles. The highest BCUT2D eigenvalue weighted by molar-refractivity contribution is 6.02. The van der Waals surface area contributed by atoms with Crippen LogP contribution in [0.3, 0.4) is 0 Å². The average molecular weight is 560 g/mol. The van der Waals surface area contributed by atoms with Crippen molar-refractivity contribution in [1.82, 2.24) is 14.9 Å². The number of anilines is 5. The highest BCUT2D eigenvalue weighted by Gasteiger charge is 2.48. The lowest BCUT2D eigenvalue weighted by atomic mass is 10.1. The molecule has 0 bridgehead atoms. The third-order valence-corrected chi connectivity index (χ3v) is 7.95. The van der Waals surface area contributed by atoms with E-state index in [2.05, 4.69) is 25.1 Å². The zero-order valence-electron chi connectivity index (χ0n) is 23.2. The van der Waals surface area contributed by atoms with Crippen molar-refractivity contribution < 1.29 is 27.8 Å². The number of hydrogen-bond acceptors (Lipinski definition) is 10.